The molecule has 3 rings (SSSR count). The fraction of sp³-hybridized carbons (Fsp3) is 0.304. The van der Waals surface area contributed by atoms with Gasteiger partial charge in [-0.1, -0.05) is 36.4 Å². The molecule has 2 aromatic rings. The Morgan fingerprint density at radius 2 is 1.69 bits per heavy atom. The van der Waals surface area contributed by atoms with Crippen molar-refractivity contribution in [2.75, 3.05) is 18.4 Å². The van der Waals surface area contributed by atoms with Gasteiger partial charge in [-0.15, -0.1) is 0 Å². The third-order valence-corrected chi connectivity index (χ3v) is 4.26. The van der Waals surface area contributed by atoms with Gasteiger partial charge in [0.1, 0.15) is 11.4 Å². The highest BCUT2D eigenvalue weighted by atomic mass is 16.6. The number of rotatable bonds is 3. The maximum atomic E-state index is 12.3. The molecule has 0 fully saturated rings. The molecule has 0 atom stereocenters. The van der Waals surface area contributed by atoms with Crippen LogP contribution in [-0.4, -0.2) is 35.8 Å². The Morgan fingerprint density at radius 3 is 2.34 bits per heavy atom. The number of benzene rings is 2. The van der Waals surface area contributed by atoms with Gasteiger partial charge in [0.2, 0.25) is 0 Å². The molecule has 2 aromatic carbocycles. The molecule has 0 saturated carbocycles. The quantitative estimate of drug-likeness (QED) is 0.765. The summed E-state index contributed by atoms with van der Waals surface area (Å²) in [4.78, 5) is 26.0. The SMILES string of the molecule is CC(C)(C)OC(=O)N1CCC=C(c2ccc(NC(=O)Oc3ccccc3)cc2)C1. The van der Waals surface area contributed by atoms with Crippen molar-refractivity contribution in [3.8, 4) is 5.75 Å². The summed E-state index contributed by atoms with van der Waals surface area (Å²) in [5, 5.41) is 2.71. The van der Waals surface area contributed by atoms with Crippen LogP contribution >= 0.6 is 0 Å². The van der Waals surface area contributed by atoms with Crippen LogP contribution < -0.4 is 10.1 Å². The van der Waals surface area contributed by atoms with Gasteiger partial charge in [0, 0.05) is 18.8 Å². The van der Waals surface area contributed by atoms with Crippen LogP contribution in [0.3, 0.4) is 0 Å². The molecule has 0 spiro atoms. The number of hydrogen-bond acceptors (Lipinski definition) is 4. The van der Waals surface area contributed by atoms with Crippen LogP contribution in [0.25, 0.3) is 5.57 Å². The standard InChI is InChI=1S/C23H26N2O4/c1-23(2,3)29-22(27)25-15-7-8-18(16-25)17-11-13-19(14-12-17)24-21(26)28-20-9-5-4-6-10-20/h4-6,8-14H,7,15-16H2,1-3H3,(H,24,26). The Morgan fingerprint density at radius 1 is 1.00 bits per heavy atom. The third kappa shape index (κ3) is 6.10. The van der Waals surface area contributed by atoms with Crippen LogP contribution in [-0.2, 0) is 4.74 Å². The number of ether oxygens (including phenoxy) is 2. The number of carbonyl (C=O) groups excluding carboxylic acids is 2. The molecule has 1 heterocycles. The molecule has 0 saturated heterocycles. The molecular weight excluding hydrogens is 368 g/mol. The van der Waals surface area contributed by atoms with E-state index in [2.05, 4.69) is 11.4 Å². The lowest BCUT2D eigenvalue weighted by atomic mass is 10.0. The number of carbonyl (C=O) groups is 2. The van der Waals surface area contributed by atoms with E-state index in [1.165, 1.54) is 0 Å². The van der Waals surface area contributed by atoms with Gasteiger partial charge in [-0.2, -0.15) is 0 Å². The number of amides is 2. The number of nitrogens with zero attached hydrogens (tertiary/aromatic N) is 1. The van der Waals surface area contributed by atoms with Gasteiger partial charge in [-0.05, 0) is 62.6 Å². The van der Waals surface area contributed by atoms with Crippen LogP contribution in [0.1, 0.15) is 32.8 Å². The van der Waals surface area contributed by atoms with Crippen molar-refractivity contribution < 1.29 is 19.1 Å². The fourth-order valence-corrected chi connectivity index (χ4v) is 2.94. The molecular formula is C23H26N2O4. The van der Waals surface area contributed by atoms with Crippen LogP contribution in [0.5, 0.6) is 5.75 Å². The maximum Gasteiger partial charge on any atom is 0.417 e. The molecule has 0 aliphatic carbocycles. The molecule has 1 N–H and O–H groups in total. The number of para-hydroxylation sites is 1. The van der Waals surface area contributed by atoms with E-state index >= 15 is 0 Å². The lowest BCUT2D eigenvalue weighted by molar-refractivity contribution is 0.0273. The smallest absolute Gasteiger partial charge is 0.417 e. The average molecular weight is 394 g/mol. The zero-order valence-corrected chi connectivity index (χ0v) is 17.0. The summed E-state index contributed by atoms with van der Waals surface area (Å²) in [7, 11) is 0. The summed E-state index contributed by atoms with van der Waals surface area (Å²) in [6, 6.07) is 16.4. The van der Waals surface area contributed by atoms with Crippen LogP contribution in [0.2, 0.25) is 0 Å². The van der Waals surface area contributed by atoms with Crippen molar-refractivity contribution in [1.29, 1.82) is 0 Å². The lowest BCUT2D eigenvalue weighted by Crippen LogP contribution is -2.39. The number of nitrogens with one attached hydrogen (secondary N) is 1. The highest BCUT2D eigenvalue weighted by molar-refractivity contribution is 5.86. The van der Waals surface area contributed by atoms with Gasteiger partial charge in [0.15, 0.2) is 0 Å². The zero-order chi connectivity index (χ0) is 20.9. The molecule has 6 nitrogen and oxygen atoms in total. The van der Waals surface area contributed by atoms with Gasteiger partial charge in [-0.3, -0.25) is 5.32 Å². The zero-order valence-electron chi connectivity index (χ0n) is 17.0. The summed E-state index contributed by atoms with van der Waals surface area (Å²) < 4.78 is 10.7. The van der Waals surface area contributed by atoms with Crippen LogP contribution in [0.15, 0.2) is 60.7 Å². The van der Waals surface area contributed by atoms with Crippen molar-refractivity contribution in [3.05, 3.63) is 66.2 Å². The Hall–Kier alpha value is -3.28. The topological polar surface area (TPSA) is 67.9 Å². The van der Waals surface area contributed by atoms with E-state index in [0.29, 0.717) is 24.5 Å². The second kappa shape index (κ2) is 8.82. The lowest BCUT2D eigenvalue weighted by Gasteiger charge is -2.30. The normalized spacial score (nSPS) is 14.0. The van der Waals surface area contributed by atoms with E-state index in [1.807, 2.05) is 51.1 Å². The number of anilines is 1. The maximum absolute atomic E-state index is 12.3. The molecule has 6 heteroatoms. The molecule has 0 unspecified atom stereocenters. The Labute approximate surface area is 171 Å². The van der Waals surface area contributed by atoms with Crippen molar-refractivity contribution in [3.63, 3.8) is 0 Å². The van der Waals surface area contributed by atoms with E-state index in [-0.39, 0.29) is 6.09 Å². The summed E-state index contributed by atoms with van der Waals surface area (Å²) in [5.74, 6) is 0.483. The first kappa shape index (κ1) is 20.5. The molecule has 152 valence electrons. The molecule has 0 radical (unpaired) electrons. The second-order valence-electron chi connectivity index (χ2n) is 7.82. The van der Waals surface area contributed by atoms with Crippen molar-refractivity contribution >= 4 is 23.4 Å². The minimum atomic E-state index is -0.545. The van der Waals surface area contributed by atoms with E-state index in [4.69, 9.17) is 9.47 Å². The van der Waals surface area contributed by atoms with Crippen molar-refractivity contribution in [1.82, 2.24) is 4.90 Å². The summed E-state index contributed by atoms with van der Waals surface area (Å²) in [6.07, 6.45) is 2.06. The van der Waals surface area contributed by atoms with Crippen molar-refractivity contribution in [2.24, 2.45) is 0 Å². The Balaban J connectivity index is 1.59. The summed E-state index contributed by atoms with van der Waals surface area (Å²) >= 11 is 0. The van der Waals surface area contributed by atoms with E-state index < -0.39 is 11.7 Å². The van der Waals surface area contributed by atoms with Gasteiger partial charge >= 0.3 is 12.2 Å². The minimum Gasteiger partial charge on any atom is -0.444 e. The van der Waals surface area contributed by atoms with Crippen molar-refractivity contribution in [2.45, 2.75) is 32.8 Å². The van der Waals surface area contributed by atoms with E-state index in [9.17, 15) is 9.59 Å². The molecule has 0 aromatic heterocycles. The van der Waals surface area contributed by atoms with Crippen LogP contribution in [0, 0.1) is 0 Å². The first-order valence-electron chi connectivity index (χ1n) is 9.61. The monoisotopic (exact) mass is 394 g/mol. The molecule has 29 heavy (non-hydrogen) atoms. The van der Waals surface area contributed by atoms with Gasteiger partial charge in [-0.25, -0.2) is 9.59 Å². The Kier molecular flexibility index (Phi) is 6.22. The van der Waals surface area contributed by atoms with Gasteiger partial charge < -0.3 is 14.4 Å². The predicted octanol–water partition coefficient (Wildman–Crippen LogP) is 5.32. The van der Waals surface area contributed by atoms with E-state index in [0.717, 1.165) is 17.6 Å². The average Bonchev–Trinajstić information content (AvgIpc) is 2.68. The minimum absolute atomic E-state index is 0.301. The summed E-state index contributed by atoms with van der Waals surface area (Å²) in [6.45, 7) is 6.72. The fourth-order valence-electron chi connectivity index (χ4n) is 2.94. The van der Waals surface area contributed by atoms with Gasteiger partial charge in [0.05, 0.1) is 0 Å². The first-order chi connectivity index (χ1) is 13.8. The molecule has 2 amide bonds. The highest BCUT2D eigenvalue weighted by Gasteiger charge is 2.24. The van der Waals surface area contributed by atoms with Crippen LogP contribution in [0.4, 0.5) is 15.3 Å². The second-order valence-corrected chi connectivity index (χ2v) is 7.82. The number of hydrogen-bond donors (Lipinski definition) is 1. The highest BCUT2D eigenvalue weighted by Crippen LogP contribution is 2.24. The first-order valence-corrected chi connectivity index (χ1v) is 9.61. The van der Waals surface area contributed by atoms with E-state index in [1.54, 1.807) is 29.2 Å². The molecule has 1 aliphatic heterocycles. The Bertz CT molecular complexity index is 883. The molecule has 0 bridgehead atoms. The summed E-state index contributed by atoms with van der Waals surface area (Å²) in [5.41, 5.74) is 2.18. The predicted molar refractivity (Wildman–Crippen MR) is 113 cm³/mol. The van der Waals surface area contributed by atoms with Gasteiger partial charge in [0.25, 0.3) is 0 Å². The third-order valence-electron chi connectivity index (χ3n) is 4.26. The molecule has 1 aliphatic rings. The largest absolute Gasteiger partial charge is 0.444 e.